The highest BCUT2D eigenvalue weighted by atomic mass is 16.4. The third-order valence-electron chi connectivity index (χ3n) is 1.70. The largest absolute Gasteiger partial charge is 0.443 e. The van der Waals surface area contributed by atoms with Crippen LogP contribution in [0.4, 0.5) is 0 Å². The second-order valence-electron chi connectivity index (χ2n) is 3.98. The molecular weight excluding hydrogens is 152 g/mol. The van der Waals surface area contributed by atoms with E-state index >= 15 is 0 Å². The molecule has 12 heavy (non-hydrogen) atoms. The van der Waals surface area contributed by atoms with Crippen molar-refractivity contribution in [2.24, 2.45) is 5.73 Å². The van der Waals surface area contributed by atoms with Gasteiger partial charge >= 0.3 is 0 Å². The lowest BCUT2D eigenvalue weighted by Crippen LogP contribution is -2.11. The molecule has 0 saturated heterocycles. The Balaban J connectivity index is 3.08. The van der Waals surface area contributed by atoms with E-state index in [1.54, 1.807) is 0 Å². The number of nitrogens with two attached hydrogens (primary N) is 1. The summed E-state index contributed by atoms with van der Waals surface area (Å²) >= 11 is 0. The minimum atomic E-state index is 0.0184. The molecule has 0 aliphatic rings. The molecule has 0 fully saturated rings. The van der Waals surface area contributed by atoms with Crippen LogP contribution in [-0.2, 0) is 12.0 Å². The van der Waals surface area contributed by atoms with Crippen LogP contribution in [0.1, 0.15) is 38.1 Å². The zero-order valence-corrected chi connectivity index (χ0v) is 8.14. The average Bonchev–Trinajstić information content (AvgIpc) is 2.29. The van der Waals surface area contributed by atoms with Crippen molar-refractivity contribution in [2.75, 3.05) is 0 Å². The van der Waals surface area contributed by atoms with Gasteiger partial charge in [-0.3, -0.25) is 0 Å². The molecule has 68 valence electrons. The van der Waals surface area contributed by atoms with Crippen LogP contribution in [0.5, 0.6) is 0 Å². The number of nitrogens with zero attached hydrogens (tertiary/aromatic N) is 1. The number of hydrogen-bond donors (Lipinski definition) is 1. The monoisotopic (exact) mass is 168 g/mol. The van der Waals surface area contributed by atoms with Gasteiger partial charge in [0.25, 0.3) is 0 Å². The van der Waals surface area contributed by atoms with Crippen molar-refractivity contribution in [3.8, 4) is 0 Å². The first kappa shape index (κ1) is 9.26. The highest BCUT2D eigenvalue weighted by Gasteiger charge is 2.22. The van der Waals surface area contributed by atoms with Gasteiger partial charge in [-0.1, -0.05) is 20.8 Å². The fourth-order valence-corrected chi connectivity index (χ4v) is 1.24. The molecule has 0 saturated carbocycles. The van der Waals surface area contributed by atoms with Crippen LogP contribution < -0.4 is 5.73 Å². The highest BCUT2D eigenvalue weighted by Crippen LogP contribution is 2.25. The molecular formula is C9H16N2O. The number of oxazole rings is 1. The van der Waals surface area contributed by atoms with Crippen LogP contribution in [0.25, 0.3) is 0 Å². The molecule has 0 bridgehead atoms. The molecule has 0 aliphatic carbocycles. The van der Waals surface area contributed by atoms with Gasteiger partial charge in [0.1, 0.15) is 5.76 Å². The fraction of sp³-hybridized carbons (Fsp3) is 0.667. The van der Waals surface area contributed by atoms with E-state index in [2.05, 4.69) is 25.8 Å². The van der Waals surface area contributed by atoms with Crippen molar-refractivity contribution in [2.45, 2.75) is 39.7 Å². The van der Waals surface area contributed by atoms with Crippen LogP contribution >= 0.6 is 0 Å². The molecule has 0 aliphatic heterocycles. The fourth-order valence-electron chi connectivity index (χ4n) is 1.24. The van der Waals surface area contributed by atoms with Crippen molar-refractivity contribution < 1.29 is 4.42 Å². The summed E-state index contributed by atoms with van der Waals surface area (Å²) in [6, 6.07) is 0. The molecule has 0 radical (unpaired) electrons. The average molecular weight is 168 g/mol. The molecule has 3 nitrogen and oxygen atoms in total. The van der Waals surface area contributed by atoms with Gasteiger partial charge in [0.15, 0.2) is 0 Å². The summed E-state index contributed by atoms with van der Waals surface area (Å²) in [7, 11) is 0. The molecule has 1 heterocycles. The zero-order valence-electron chi connectivity index (χ0n) is 8.14. The van der Waals surface area contributed by atoms with Gasteiger partial charge in [0.2, 0.25) is 5.89 Å². The predicted octanol–water partition coefficient (Wildman–Crippen LogP) is 1.74. The SMILES string of the molecule is Cc1nc(CN)oc1C(C)(C)C. The van der Waals surface area contributed by atoms with E-state index in [1.165, 1.54) is 0 Å². The van der Waals surface area contributed by atoms with Crippen LogP contribution in [-0.4, -0.2) is 4.98 Å². The van der Waals surface area contributed by atoms with Crippen molar-refractivity contribution in [3.63, 3.8) is 0 Å². The quantitative estimate of drug-likeness (QED) is 0.695. The summed E-state index contributed by atoms with van der Waals surface area (Å²) in [4.78, 5) is 4.20. The second-order valence-corrected chi connectivity index (χ2v) is 3.98. The molecule has 2 N–H and O–H groups in total. The van der Waals surface area contributed by atoms with Gasteiger partial charge in [0, 0.05) is 5.41 Å². The van der Waals surface area contributed by atoms with E-state index in [0.717, 1.165) is 11.5 Å². The predicted molar refractivity (Wildman–Crippen MR) is 47.8 cm³/mol. The number of hydrogen-bond acceptors (Lipinski definition) is 3. The Morgan fingerprint density at radius 1 is 1.42 bits per heavy atom. The Kier molecular flexibility index (Phi) is 2.24. The number of rotatable bonds is 1. The van der Waals surface area contributed by atoms with Crippen LogP contribution in [0.2, 0.25) is 0 Å². The Labute approximate surface area is 73.0 Å². The lowest BCUT2D eigenvalue weighted by Gasteiger charge is -2.14. The van der Waals surface area contributed by atoms with Gasteiger partial charge in [-0.2, -0.15) is 0 Å². The molecule has 1 aromatic rings. The molecule has 0 atom stereocenters. The summed E-state index contributed by atoms with van der Waals surface area (Å²) in [5.41, 5.74) is 6.38. The van der Waals surface area contributed by atoms with Crippen LogP contribution in [0, 0.1) is 6.92 Å². The molecule has 0 spiro atoms. The molecule has 3 heteroatoms. The number of aromatic nitrogens is 1. The first-order valence-electron chi connectivity index (χ1n) is 4.12. The summed E-state index contributed by atoms with van der Waals surface area (Å²) in [6.07, 6.45) is 0. The minimum absolute atomic E-state index is 0.0184. The van der Waals surface area contributed by atoms with E-state index < -0.39 is 0 Å². The van der Waals surface area contributed by atoms with Crippen molar-refractivity contribution in [3.05, 3.63) is 17.3 Å². The van der Waals surface area contributed by atoms with Gasteiger partial charge in [-0.05, 0) is 6.92 Å². The Hall–Kier alpha value is -0.830. The highest BCUT2D eigenvalue weighted by molar-refractivity contribution is 5.16. The Morgan fingerprint density at radius 2 is 2.00 bits per heavy atom. The Bertz CT molecular complexity index is 271. The van der Waals surface area contributed by atoms with Crippen LogP contribution in [0.3, 0.4) is 0 Å². The summed E-state index contributed by atoms with van der Waals surface area (Å²) in [5.74, 6) is 1.56. The van der Waals surface area contributed by atoms with Gasteiger partial charge < -0.3 is 10.2 Å². The van der Waals surface area contributed by atoms with Crippen molar-refractivity contribution >= 4 is 0 Å². The maximum Gasteiger partial charge on any atom is 0.208 e. The van der Waals surface area contributed by atoms with E-state index in [9.17, 15) is 0 Å². The van der Waals surface area contributed by atoms with E-state index in [-0.39, 0.29) is 5.41 Å². The van der Waals surface area contributed by atoms with E-state index in [4.69, 9.17) is 10.2 Å². The molecule has 0 unspecified atom stereocenters. The summed E-state index contributed by atoms with van der Waals surface area (Å²) in [6.45, 7) is 8.61. The molecule has 1 aromatic heterocycles. The standard InChI is InChI=1S/C9H16N2O/c1-6-8(9(2,3)4)12-7(5-10)11-6/h5,10H2,1-4H3. The lowest BCUT2D eigenvalue weighted by atomic mass is 9.92. The normalized spacial score (nSPS) is 12.1. The number of aryl methyl sites for hydroxylation is 1. The van der Waals surface area contributed by atoms with E-state index in [0.29, 0.717) is 12.4 Å². The summed E-state index contributed by atoms with van der Waals surface area (Å²) in [5, 5.41) is 0. The van der Waals surface area contributed by atoms with Gasteiger partial charge in [-0.15, -0.1) is 0 Å². The van der Waals surface area contributed by atoms with E-state index in [1.807, 2.05) is 6.92 Å². The topological polar surface area (TPSA) is 52.0 Å². The second kappa shape index (κ2) is 2.90. The minimum Gasteiger partial charge on any atom is -0.443 e. The third-order valence-corrected chi connectivity index (χ3v) is 1.70. The first-order chi connectivity index (χ1) is 5.45. The summed E-state index contributed by atoms with van der Waals surface area (Å²) < 4.78 is 5.49. The smallest absolute Gasteiger partial charge is 0.208 e. The zero-order chi connectivity index (χ0) is 9.35. The maximum atomic E-state index is 5.49. The molecule has 1 rings (SSSR count). The lowest BCUT2D eigenvalue weighted by molar-refractivity contribution is 0.381. The van der Waals surface area contributed by atoms with Crippen LogP contribution in [0.15, 0.2) is 4.42 Å². The maximum absolute atomic E-state index is 5.49. The van der Waals surface area contributed by atoms with Crippen molar-refractivity contribution in [1.82, 2.24) is 4.98 Å². The first-order valence-corrected chi connectivity index (χ1v) is 4.12. The van der Waals surface area contributed by atoms with Crippen molar-refractivity contribution in [1.29, 1.82) is 0 Å². The van der Waals surface area contributed by atoms with Gasteiger partial charge in [-0.25, -0.2) is 4.98 Å². The Morgan fingerprint density at radius 3 is 2.25 bits per heavy atom. The molecule has 0 aromatic carbocycles. The van der Waals surface area contributed by atoms with Gasteiger partial charge in [0.05, 0.1) is 12.2 Å². The third kappa shape index (κ3) is 1.67. The molecule has 0 amide bonds.